The number of nitrogens with zero attached hydrogens (tertiary/aromatic N) is 6. The average Bonchev–Trinajstić information content (AvgIpc) is 2.91. The van der Waals surface area contributed by atoms with Crippen molar-refractivity contribution in [1.82, 2.24) is 9.97 Å². The van der Waals surface area contributed by atoms with Crippen molar-refractivity contribution in [2.75, 3.05) is 13.1 Å². The fourth-order valence-electron chi connectivity index (χ4n) is 4.27. The van der Waals surface area contributed by atoms with Crippen LogP contribution in [0.3, 0.4) is 0 Å². The first-order chi connectivity index (χ1) is 17.8. The lowest BCUT2D eigenvalue weighted by Gasteiger charge is -2.14. The van der Waals surface area contributed by atoms with E-state index in [0.717, 1.165) is 52.0 Å². The van der Waals surface area contributed by atoms with Gasteiger partial charge in [-0.25, -0.2) is 9.97 Å². The van der Waals surface area contributed by atoms with Gasteiger partial charge in [-0.3, -0.25) is 20.0 Å². The molecule has 6 heteroatoms. The monoisotopic (exact) mass is 492 g/mol. The Kier molecular flexibility index (Phi) is 8.49. The van der Waals surface area contributed by atoms with Crippen molar-refractivity contribution in [2.24, 2.45) is 20.0 Å². The molecule has 0 saturated heterocycles. The molecule has 4 rings (SSSR count). The van der Waals surface area contributed by atoms with E-state index in [9.17, 15) is 0 Å². The topological polar surface area (TPSA) is 75.2 Å². The second-order valence-electron chi connectivity index (χ2n) is 9.79. The van der Waals surface area contributed by atoms with Crippen LogP contribution in [0.25, 0.3) is 0 Å². The van der Waals surface area contributed by atoms with Crippen molar-refractivity contribution in [3.63, 3.8) is 0 Å². The minimum atomic E-state index is -0.0248. The molecule has 3 aromatic rings. The van der Waals surface area contributed by atoms with Crippen molar-refractivity contribution in [3.8, 4) is 0 Å². The van der Waals surface area contributed by atoms with E-state index in [1.54, 1.807) is 0 Å². The molecule has 0 N–H and O–H groups in total. The molecule has 0 amide bonds. The number of hydrogen-bond donors (Lipinski definition) is 0. The van der Waals surface area contributed by atoms with Gasteiger partial charge in [-0.15, -0.1) is 0 Å². The van der Waals surface area contributed by atoms with Gasteiger partial charge in [0.15, 0.2) is 0 Å². The van der Waals surface area contributed by atoms with Crippen LogP contribution in [-0.4, -0.2) is 58.0 Å². The van der Waals surface area contributed by atoms with Gasteiger partial charge < -0.3 is 0 Å². The molecular weight excluding hydrogens is 456 g/mol. The third-order valence-corrected chi connectivity index (χ3v) is 6.50. The zero-order valence-corrected chi connectivity index (χ0v) is 22.7. The number of benzene rings is 1. The maximum absolute atomic E-state index is 5.12. The normalized spacial score (nSPS) is 19.1. The summed E-state index contributed by atoms with van der Waals surface area (Å²) in [6, 6.07) is 20.7. The minimum absolute atomic E-state index is 0.0248. The highest BCUT2D eigenvalue weighted by Gasteiger charge is 2.13. The van der Waals surface area contributed by atoms with Crippen LogP contribution in [0.1, 0.15) is 68.5 Å². The molecule has 1 aliphatic rings. The summed E-state index contributed by atoms with van der Waals surface area (Å²) in [5.74, 6) is 0. The molecule has 0 saturated carbocycles. The van der Waals surface area contributed by atoms with E-state index in [1.807, 2.05) is 64.1 Å². The Morgan fingerprint density at radius 3 is 1.65 bits per heavy atom. The highest BCUT2D eigenvalue weighted by Crippen LogP contribution is 2.13. The Labute approximate surface area is 220 Å². The summed E-state index contributed by atoms with van der Waals surface area (Å²) >= 11 is 0. The number of aliphatic imine (C=N–C) groups is 4. The van der Waals surface area contributed by atoms with E-state index >= 15 is 0 Å². The Morgan fingerprint density at radius 2 is 1.08 bits per heavy atom. The van der Waals surface area contributed by atoms with Crippen molar-refractivity contribution in [3.05, 3.63) is 94.6 Å². The first kappa shape index (κ1) is 26.3. The van der Waals surface area contributed by atoms with Gasteiger partial charge in [-0.05, 0) is 77.8 Å². The van der Waals surface area contributed by atoms with Gasteiger partial charge in [-0.2, -0.15) is 0 Å². The van der Waals surface area contributed by atoms with Gasteiger partial charge in [0.25, 0.3) is 0 Å². The van der Waals surface area contributed by atoms with Crippen LogP contribution in [0.5, 0.6) is 0 Å². The zero-order chi connectivity index (χ0) is 26.4. The van der Waals surface area contributed by atoms with Crippen molar-refractivity contribution < 1.29 is 0 Å². The molecule has 2 unspecified atom stereocenters. The molecule has 0 spiro atoms. The van der Waals surface area contributed by atoms with Crippen LogP contribution >= 0.6 is 0 Å². The number of aromatic nitrogens is 2. The maximum Gasteiger partial charge on any atom is 0.0845 e. The molecule has 2 atom stereocenters. The first-order valence-corrected chi connectivity index (χ1v) is 12.9. The van der Waals surface area contributed by atoms with Crippen molar-refractivity contribution in [2.45, 2.75) is 60.0 Å². The summed E-state index contributed by atoms with van der Waals surface area (Å²) < 4.78 is 0. The molecule has 0 aliphatic carbocycles. The van der Waals surface area contributed by atoms with E-state index in [4.69, 9.17) is 29.9 Å². The Bertz CT molecular complexity index is 1360. The molecule has 4 bridgehead atoms. The SMILES string of the molecule is CC1=NCC(C)N=C(C)c2cccc(n2)C(C)=NC(Cc2ccc(C)cc2)CN=C(C)c2cccc1n2. The molecule has 3 heterocycles. The molecule has 0 fully saturated rings. The molecule has 190 valence electrons. The second kappa shape index (κ2) is 12.0. The van der Waals surface area contributed by atoms with Gasteiger partial charge >= 0.3 is 0 Å². The minimum Gasteiger partial charge on any atom is -0.286 e. The Hall–Kier alpha value is -3.80. The number of fused-ring (bicyclic) bond motifs is 4. The predicted molar refractivity (Wildman–Crippen MR) is 155 cm³/mol. The van der Waals surface area contributed by atoms with Crippen LogP contribution in [-0.2, 0) is 6.42 Å². The van der Waals surface area contributed by atoms with Crippen LogP contribution in [0.4, 0.5) is 0 Å². The molecule has 1 aromatic carbocycles. The highest BCUT2D eigenvalue weighted by molar-refractivity contribution is 6.02. The number of aryl methyl sites for hydroxylation is 1. The summed E-state index contributed by atoms with van der Waals surface area (Å²) in [7, 11) is 0. The van der Waals surface area contributed by atoms with Gasteiger partial charge in [0, 0.05) is 0 Å². The largest absolute Gasteiger partial charge is 0.286 e. The molecule has 6 nitrogen and oxygen atoms in total. The van der Waals surface area contributed by atoms with Gasteiger partial charge in [0.2, 0.25) is 0 Å². The van der Waals surface area contributed by atoms with Gasteiger partial charge in [-0.1, -0.05) is 42.0 Å². The number of rotatable bonds is 2. The lowest BCUT2D eigenvalue weighted by atomic mass is 10.0. The van der Waals surface area contributed by atoms with E-state index in [1.165, 1.54) is 11.1 Å². The zero-order valence-electron chi connectivity index (χ0n) is 22.7. The number of pyridine rings is 2. The van der Waals surface area contributed by atoms with E-state index in [-0.39, 0.29) is 12.1 Å². The quantitative estimate of drug-likeness (QED) is 0.458. The summed E-state index contributed by atoms with van der Waals surface area (Å²) in [5.41, 5.74) is 9.52. The molecule has 0 radical (unpaired) electrons. The molecule has 37 heavy (non-hydrogen) atoms. The lowest BCUT2D eigenvalue weighted by molar-refractivity contribution is 0.681. The van der Waals surface area contributed by atoms with Crippen molar-refractivity contribution in [1.29, 1.82) is 0 Å². The third kappa shape index (κ3) is 7.13. The summed E-state index contributed by atoms with van der Waals surface area (Å²) in [6.07, 6.45) is 0.797. The maximum atomic E-state index is 5.12. The van der Waals surface area contributed by atoms with E-state index in [0.29, 0.717) is 13.1 Å². The van der Waals surface area contributed by atoms with E-state index in [2.05, 4.69) is 38.1 Å². The average molecular weight is 493 g/mol. The fraction of sp³-hybridized carbons (Fsp3) is 0.355. The first-order valence-electron chi connectivity index (χ1n) is 12.9. The smallest absolute Gasteiger partial charge is 0.0845 e. The second-order valence-corrected chi connectivity index (χ2v) is 9.79. The van der Waals surface area contributed by atoms with Gasteiger partial charge in [0.05, 0.1) is 70.8 Å². The lowest BCUT2D eigenvalue weighted by Crippen LogP contribution is -2.18. The summed E-state index contributed by atoms with van der Waals surface area (Å²) in [5, 5.41) is 0. The summed E-state index contributed by atoms with van der Waals surface area (Å²) in [4.78, 5) is 29.4. The van der Waals surface area contributed by atoms with Crippen LogP contribution in [0.2, 0.25) is 0 Å². The molecular formula is C31H36N6. The molecule has 2 aromatic heterocycles. The van der Waals surface area contributed by atoms with Crippen LogP contribution < -0.4 is 0 Å². The summed E-state index contributed by atoms with van der Waals surface area (Å²) in [6.45, 7) is 13.4. The third-order valence-electron chi connectivity index (χ3n) is 6.50. The van der Waals surface area contributed by atoms with Crippen molar-refractivity contribution >= 4 is 22.8 Å². The molecule has 1 aliphatic heterocycles. The standard InChI is InChI=1S/C31H36N6/c1-20-13-15-26(16-14-20)17-27-19-33-23(4)29-10-7-9-28(36-29)22(3)32-18-21(2)34-24(5)30-11-8-12-31(37-30)25(6)35-27/h7-16,21,27H,17-19H2,1-6H3. The Balaban J connectivity index is 1.77. The number of hydrogen-bond acceptors (Lipinski definition) is 6. The van der Waals surface area contributed by atoms with Gasteiger partial charge in [0.1, 0.15) is 0 Å². The van der Waals surface area contributed by atoms with Crippen LogP contribution in [0, 0.1) is 6.92 Å². The predicted octanol–water partition coefficient (Wildman–Crippen LogP) is 5.73. The Morgan fingerprint density at radius 1 is 0.595 bits per heavy atom. The van der Waals surface area contributed by atoms with E-state index < -0.39 is 0 Å². The fourth-order valence-corrected chi connectivity index (χ4v) is 4.27. The van der Waals surface area contributed by atoms with Crippen LogP contribution in [0.15, 0.2) is 80.6 Å². The highest BCUT2D eigenvalue weighted by atomic mass is 14.9.